The van der Waals surface area contributed by atoms with Crippen molar-refractivity contribution < 1.29 is 13.9 Å². The van der Waals surface area contributed by atoms with Gasteiger partial charge in [0.25, 0.3) is 0 Å². The second-order valence-corrected chi connectivity index (χ2v) is 3.61. The first-order valence-electron chi connectivity index (χ1n) is 5.47. The van der Waals surface area contributed by atoms with E-state index in [0.29, 0.717) is 0 Å². The Hall–Kier alpha value is -2.64. The van der Waals surface area contributed by atoms with E-state index in [1.54, 1.807) is 6.92 Å². The van der Waals surface area contributed by atoms with E-state index in [4.69, 9.17) is 16.2 Å². The minimum atomic E-state index is -0.639. The molecule has 0 bridgehead atoms. The van der Waals surface area contributed by atoms with Crippen molar-refractivity contribution in [1.29, 1.82) is 0 Å². The van der Waals surface area contributed by atoms with Gasteiger partial charge in [0.1, 0.15) is 11.4 Å². The number of nitrogens with zero attached hydrogens (tertiary/aromatic N) is 3. The van der Waals surface area contributed by atoms with E-state index in [2.05, 4.69) is 10.1 Å². The number of ether oxygens (including phenoxy) is 1. The van der Waals surface area contributed by atoms with Crippen LogP contribution in [0.3, 0.4) is 0 Å². The highest BCUT2D eigenvalue weighted by Crippen LogP contribution is 2.18. The average Bonchev–Trinajstić information content (AvgIpc) is 2.75. The van der Waals surface area contributed by atoms with E-state index >= 15 is 0 Å². The molecule has 7 nitrogen and oxygen atoms in total. The molecule has 0 aliphatic carbocycles. The van der Waals surface area contributed by atoms with Crippen LogP contribution in [0.2, 0.25) is 0 Å². The summed E-state index contributed by atoms with van der Waals surface area (Å²) in [7, 11) is 0. The average molecular weight is 265 g/mol. The van der Waals surface area contributed by atoms with Crippen LogP contribution >= 0.6 is 0 Å². The highest BCUT2D eigenvalue weighted by atomic mass is 19.1. The molecule has 100 valence electrons. The summed E-state index contributed by atoms with van der Waals surface area (Å²) in [4.78, 5) is 15.4. The van der Waals surface area contributed by atoms with Crippen molar-refractivity contribution in [3.05, 3.63) is 29.7 Å². The molecule has 0 aromatic carbocycles. The molecule has 0 amide bonds. The molecule has 2 aromatic rings. The lowest BCUT2D eigenvalue weighted by Gasteiger charge is -2.05. The van der Waals surface area contributed by atoms with Crippen molar-refractivity contribution in [3.8, 4) is 5.82 Å². The van der Waals surface area contributed by atoms with Gasteiger partial charge in [-0.25, -0.2) is 14.2 Å². The van der Waals surface area contributed by atoms with Gasteiger partial charge in [0.2, 0.25) is 0 Å². The molecule has 0 atom stereocenters. The molecule has 0 fully saturated rings. The summed E-state index contributed by atoms with van der Waals surface area (Å²) in [5.41, 5.74) is 11.3. The SMILES string of the molecule is CCOC(=O)c1cnn(-c2ccc(F)c(N)n2)c1N. The van der Waals surface area contributed by atoms with Crippen molar-refractivity contribution in [2.45, 2.75) is 6.92 Å². The molecule has 0 aliphatic heterocycles. The Morgan fingerprint density at radius 2 is 2.21 bits per heavy atom. The second-order valence-electron chi connectivity index (χ2n) is 3.61. The fraction of sp³-hybridized carbons (Fsp3) is 0.182. The van der Waals surface area contributed by atoms with Crippen molar-refractivity contribution in [2.24, 2.45) is 0 Å². The Morgan fingerprint density at radius 1 is 1.47 bits per heavy atom. The quantitative estimate of drug-likeness (QED) is 0.792. The van der Waals surface area contributed by atoms with Crippen LogP contribution in [0.5, 0.6) is 0 Å². The van der Waals surface area contributed by atoms with Gasteiger partial charge >= 0.3 is 5.97 Å². The van der Waals surface area contributed by atoms with Gasteiger partial charge in [-0.3, -0.25) is 0 Å². The summed E-state index contributed by atoms with van der Waals surface area (Å²) in [5.74, 6) is -1.23. The predicted octanol–water partition coefficient (Wildman–Crippen LogP) is 0.748. The minimum Gasteiger partial charge on any atom is -0.462 e. The molecule has 0 saturated carbocycles. The summed E-state index contributed by atoms with van der Waals surface area (Å²) in [6, 6.07) is 2.49. The number of rotatable bonds is 3. The van der Waals surface area contributed by atoms with Gasteiger partial charge in [0.15, 0.2) is 17.5 Å². The summed E-state index contributed by atoms with van der Waals surface area (Å²) in [6.45, 7) is 1.91. The summed E-state index contributed by atoms with van der Waals surface area (Å²) in [5, 5.41) is 3.91. The van der Waals surface area contributed by atoms with E-state index in [0.717, 1.165) is 6.07 Å². The monoisotopic (exact) mass is 265 g/mol. The fourth-order valence-corrected chi connectivity index (χ4v) is 1.47. The zero-order valence-corrected chi connectivity index (χ0v) is 10.1. The maximum absolute atomic E-state index is 13.0. The minimum absolute atomic E-state index is 0.0527. The number of hydrogen-bond acceptors (Lipinski definition) is 6. The highest BCUT2D eigenvalue weighted by molar-refractivity contribution is 5.94. The summed E-state index contributed by atoms with van der Waals surface area (Å²) >= 11 is 0. The third-order valence-corrected chi connectivity index (χ3v) is 2.38. The molecular weight excluding hydrogens is 253 g/mol. The van der Waals surface area contributed by atoms with Crippen LogP contribution in [0.4, 0.5) is 16.0 Å². The number of hydrogen-bond donors (Lipinski definition) is 2. The number of anilines is 2. The standard InChI is InChI=1S/C11H12FN5O2/c1-2-19-11(18)6-5-15-17(10(6)14)8-4-3-7(12)9(13)16-8/h3-5H,2,14H2,1H3,(H2,13,16). The molecular formula is C11H12FN5O2. The van der Waals surface area contributed by atoms with Gasteiger partial charge < -0.3 is 16.2 Å². The lowest BCUT2D eigenvalue weighted by molar-refractivity contribution is 0.0527. The van der Waals surface area contributed by atoms with Crippen molar-refractivity contribution in [2.75, 3.05) is 18.1 Å². The van der Waals surface area contributed by atoms with Gasteiger partial charge in [-0.15, -0.1) is 0 Å². The maximum atomic E-state index is 13.0. The number of esters is 1. The largest absolute Gasteiger partial charge is 0.462 e. The normalized spacial score (nSPS) is 10.4. The van der Waals surface area contributed by atoms with Crippen molar-refractivity contribution in [1.82, 2.24) is 14.8 Å². The number of nitrogens with two attached hydrogens (primary N) is 2. The van der Waals surface area contributed by atoms with Gasteiger partial charge in [0.05, 0.1) is 12.8 Å². The van der Waals surface area contributed by atoms with E-state index in [1.807, 2.05) is 0 Å². The van der Waals surface area contributed by atoms with Crippen LogP contribution < -0.4 is 11.5 Å². The van der Waals surface area contributed by atoms with Crippen LogP contribution in [-0.2, 0) is 4.74 Å². The van der Waals surface area contributed by atoms with E-state index in [-0.39, 0.29) is 29.6 Å². The number of nitrogen functional groups attached to an aromatic ring is 2. The molecule has 2 heterocycles. The number of carbonyl (C=O) groups excluding carboxylic acids is 1. The lowest BCUT2D eigenvalue weighted by atomic mass is 10.3. The second kappa shape index (κ2) is 4.92. The van der Waals surface area contributed by atoms with Gasteiger partial charge in [-0.2, -0.15) is 9.78 Å². The predicted molar refractivity (Wildman–Crippen MR) is 66.1 cm³/mol. The molecule has 8 heteroatoms. The number of pyridine rings is 1. The first-order valence-corrected chi connectivity index (χ1v) is 5.47. The number of aromatic nitrogens is 3. The van der Waals surface area contributed by atoms with Crippen LogP contribution in [0.25, 0.3) is 5.82 Å². The van der Waals surface area contributed by atoms with Crippen molar-refractivity contribution in [3.63, 3.8) is 0 Å². The van der Waals surface area contributed by atoms with E-state index in [9.17, 15) is 9.18 Å². The highest BCUT2D eigenvalue weighted by Gasteiger charge is 2.18. The Labute approximate surface area is 108 Å². The van der Waals surface area contributed by atoms with E-state index in [1.165, 1.54) is 16.9 Å². The zero-order valence-electron chi connectivity index (χ0n) is 10.1. The molecule has 2 aromatic heterocycles. The van der Waals surface area contributed by atoms with Crippen molar-refractivity contribution >= 4 is 17.6 Å². The third-order valence-electron chi connectivity index (χ3n) is 2.38. The van der Waals surface area contributed by atoms with Crippen LogP contribution in [0, 0.1) is 5.82 Å². The fourth-order valence-electron chi connectivity index (χ4n) is 1.47. The molecule has 0 saturated heterocycles. The van der Waals surface area contributed by atoms with Gasteiger partial charge in [0, 0.05) is 0 Å². The smallest absolute Gasteiger partial charge is 0.343 e. The van der Waals surface area contributed by atoms with Gasteiger partial charge in [-0.1, -0.05) is 0 Å². The van der Waals surface area contributed by atoms with Gasteiger partial charge in [-0.05, 0) is 19.1 Å². The Balaban J connectivity index is 2.41. The topological polar surface area (TPSA) is 109 Å². The molecule has 0 aliphatic rings. The zero-order chi connectivity index (χ0) is 14.0. The van der Waals surface area contributed by atoms with E-state index < -0.39 is 11.8 Å². The Bertz CT molecular complexity index is 626. The summed E-state index contributed by atoms with van der Waals surface area (Å²) < 4.78 is 19.0. The first-order chi connectivity index (χ1) is 9.04. The Morgan fingerprint density at radius 3 is 2.84 bits per heavy atom. The number of halogens is 1. The van der Waals surface area contributed by atoms with Crippen LogP contribution in [0.15, 0.2) is 18.3 Å². The maximum Gasteiger partial charge on any atom is 0.343 e. The summed E-state index contributed by atoms with van der Waals surface area (Å²) in [6.07, 6.45) is 1.26. The molecule has 0 unspecified atom stereocenters. The Kier molecular flexibility index (Phi) is 3.32. The van der Waals surface area contributed by atoms with Crippen LogP contribution in [-0.4, -0.2) is 27.3 Å². The molecule has 0 spiro atoms. The first kappa shape index (κ1) is 12.8. The van der Waals surface area contributed by atoms with Crippen LogP contribution in [0.1, 0.15) is 17.3 Å². The molecule has 0 radical (unpaired) electrons. The molecule has 19 heavy (non-hydrogen) atoms. The molecule has 4 N–H and O–H groups in total. The lowest BCUT2D eigenvalue weighted by Crippen LogP contribution is -2.10. The molecule has 2 rings (SSSR count). The number of carbonyl (C=O) groups is 1. The third kappa shape index (κ3) is 2.32.